The fourth-order valence-corrected chi connectivity index (χ4v) is 2.16. The van der Waals surface area contributed by atoms with Gasteiger partial charge in [0.1, 0.15) is 5.69 Å². The van der Waals surface area contributed by atoms with Gasteiger partial charge in [-0.25, -0.2) is 0 Å². The monoisotopic (exact) mass is 206 g/mol. The number of carbonyl (C=O) groups is 1. The highest BCUT2D eigenvalue weighted by atomic mass is 16.5. The quantitative estimate of drug-likeness (QED) is 0.709. The summed E-state index contributed by atoms with van der Waals surface area (Å²) in [6.45, 7) is 0. The summed E-state index contributed by atoms with van der Waals surface area (Å²) < 4.78 is 5.17. The van der Waals surface area contributed by atoms with Crippen LogP contribution in [-0.2, 0) is 0 Å². The average Bonchev–Trinajstić information content (AvgIpc) is 2.81. The van der Waals surface area contributed by atoms with Gasteiger partial charge < -0.3 is 4.74 Å². The first-order chi connectivity index (χ1) is 7.35. The van der Waals surface area contributed by atoms with E-state index in [9.17, 15) is 4.79 Å². The number of aldehydes is 1. The molecule has 1 aliphatic carbocycles. The maximum Gasteiger partial charge on any atom is 0.236 e. The minimum Gasteiger partial charge on any atom is -0.480 e. The Labute approximate surface area is 88.7 Å². The maximum absolute atomic E-state index is 10.6. The van der Waals surface area contributed by atoms with E-state index in [0.717, 1.165) is 24.7 Å². The predicted molar refractivity (Wildman–Crippen MR) is 55.2 cm³/mol. The van der Waals surface area contributed by atoms with Crippen molar-refractivity contribution in [3.63, 3.8) is 0 Å². The molecular formula is C11H14N2O2. The molecule has 1 aromatic rings. The normalized spacial score (nSPS) is 16.6. The Hall–Kier alpha value is -1.45. The van der Waals surface area contributed by atoms with Crippen LogP contribution >= 0.6 is 0 Å². The smallest absolute Gasteiger partial charge is 0.236 e. The third-order valence-corrected chi connectivity index (χ3v) is 2.92. The van der Waals surface area contributed by atoms with Crippen molar-refractivity contribution in [3.05, 3.63) is 17.3 Å². The Morgan fingerprint density at radius 3 is 2.73 bits per heavy atom. The van der Waals surface area contributed by atoms with Crippen LogP contribution < -0.4 is 4.74 Å². The lowest BCUT2D eigenvalue weighted by molar-refractivity contribution is 0.111. The van der Waals surface area contributed by atoms with Crippen LogP contribution in [0.1, 0.15) is 47.7 Å². The maximum atomic E-state index is 10.6. The van der Waals surface area contributed by atoms with Gasteiger partial charge in [-0.15, -0.1) is 10.2 Å². The molecule has 1 saturated carbocycles. The van der Waals surface area contributed by atoms with Crippen LogP contribution in [0.2, 0.25) is 0 Å². The van der Waals surface area contributed by atoms with E-state index < -0.39 is 0 Å². The molecule has 1 aliphatic rings. The van der Waals surface area contributed by atoms with Crippen molar-refractivity contribution in [3.8, 4) is 5.88 Å². The molecular weight excluding hydrogens is 192 g/mol. The third kappa shape index (κ3) is 1.98. The number of hydrogen-bond donors (Lipinski definition) is 0. The van der Waals surface area contributed by atoms with Crippen molar-refractivity contribution in [2.45, 2.75) is 31.6 Å². The number of carbonyl (C=O) groups excluding carboxylic acids is 1. The number of ether oxygens (including phenoxy) is 1. The molecule has 1 heterocycles. The van der Waals surface area contributed by atoms with Gasteiger partial charge in [-0.05, 0) is 24.8 Å². The van der Waals surface area contributed by atoms with E-state index in [4.69, 9.17) is 4.74 Å². The standard InChI is InChI=1S/C11H14N2O2/c1-15-11-10(8-4-2-3-5-8)6-9(7-14)12-13-11/h6-8H,2-5H2,1H3. The molecule has 2 rings (SSSR count). The molecule has 4 heteroatoms. The summed E-state index contributed by atoms with van der Waals surface area (Å²) in [5, 5.41) is 7.67. The van der Waals surface area contributed by atoms with Crippen LogP contribution in [0, 0.1) is 0 Å². The Morgan fingerprint density at radius 1 is 1.40 bits per heavy atom. The zero-order chi connectivity index (χ0) is 10.7. The summed E-state index contributed by atoms with van der Waals surface area (Å²) in [4.78, 5) is 10.6. The van der Waals surface area contributed by atoms with Gasteiger partial charge in [-0.1, -0.05) is 12.8 Å². The van der Waals surface area contributed by atoms with E-state index in [2.05, 4.69) is 10.2 Å². The minimum atomic E-state index is 0.387. The number of aromatic nitrogens is 2. The van der Waals surface area contributed by atoms with E-state index in [0.29, 0.717) is 17.5 Å². The van der Waals surface area contributed by atoms with Gasteiger partial charge in [0.25, 0.3) is 0 Å². The zero-order valence-corrected chi connectivity index (χ0v) is 8.77. The summed E-state index contributed by atoms with van der Waals surface area (Å²) in [7, 11) is 1.59. The molecule has 0 saturated heterocycles. The van der Waals surface area contributed by atoms with Crippen LogP contribution in [0.4, 0.5) is 0 Å². The fraction of sp³-hybridized carbons (Fsp3) is 0.545. The summed E-state index contributed by atoms with van der Waals surface area (Å²) in [5.74, 6) is 1.04. The molecule has 1 fully saturated rings. The first-order valence-corrected chi connectivity index (χ1v) is 5.22. The molecule has 0 aromatic carbocycles. The lowest BCUT2D eigenvalue weighted by atomic mass is 9.99. The molecule has 1 aromatic heterocycles. The fourth-order valence-electron chi connectivity index (χ4n) is 2.16. The third-order valence-electron chi connectivity index (χ3n) is 2.92. The molecule has 0 radical (unpaired) electrons. The van der Waals surface area contributed by atoms with Crippen molar-refractivity contribution in [2.24, 2.45) is 0 Å². The molecule has 0 aliphatic heterocycles. The van der Waals surface area contributed by atoms with Crippen LogP contribution in [0.15, 0.2) is 6.07 Å². The summed E-state index contributed by atoms with van der Waals surface area (Å²) in [5.41, 5.74) is 1.42. The molecule has 0 bridgehead atoms. The molecule has 0 atom stereocenters. The van der Waals surface area contributed by atoms with Crippen molar-refractivity contribution in [2.75, 3.05) is 7.11 Å². The van der Waals surface area contributed by atoms with Crippen molar-refractivity contribution in [1.82, 2.24) is 10.2 Å². The van der Waals surface area contributed by atoms with E-state index in [-0.39, 0.29) is 0 Å². The second-order valence-corrected chi connectivity index (χ2v) is 3.83. The molecule has 0 unspecified atom stereocenters. The highest BCUT2D eigenvalue weighted by Gasteiger charge is 2.22. The topological polar surface area (TPSA) is 52.1 Å². The minimum absolute atomic E-state index is 0.387. The second-order valence-electron chi connectivity index (χ2n) is 3.83. The highest BCUT2D eigenvalue weighted by molar-refractivity contribution is 5.72. The number of methoxy groups -OCH3 is 1. The molecule has 0 amide bonds. The van der Waals surface area contributed by atoms with Crippen LogP contribution in [0.25, 0.3) is 0 Å². The molecule has 15 heavy (non-hydrogen) atoms. The van der Waals surface area contributed by atoms with Crippen LogP contribution in [0.3, 0.4) is 0 Å². The van der Waals surface area contributed by atoms with Gasteiger partial charge in [0, 0.05) is 5.56 Å². The van der Waals surface area contributed by atoms with Crippen molar-refractivity contribution in [1.29, 1.82) is 0 Å². The lowest BCUT2D eigenvalue weighted by Crippen LogP contribution is -2.03. The number of rotatable bonds is 3. The first kappa shape index (κ1) is 10.1. The average molecular weight is 206 g/mol. The number of nitrogens with zero attached hydrogens (tertiary/aromatic N) is 2. The highest BCUT2D eigenvalue weighted by Crippen LogP contribution is 2.37. The lowest BCUT2D eigenvalue weighted by Gasteiger charge is -2.12. The van der Waals surface area contributed by atoms with E-state index in [1.54, 1.807) is 13.2 Å². The predicted octanol–water partition coefficient (Wildman–Crippen LogP) is 1.96. The largest absolute Gasteiger partial charge is 0.480 e. The van der Waals surface area contributed by atoms with Gasteiger partial charge in [-0.3, -0.25) is 4.79 Å². The van der Waals surface area contributed by atoms with E-state index in [1.807, 2.05) is 0 Å². The van der Waals surface area contributed by atoms with E-state index in [1.165, 1.54) is 12.8 Å². The second kappa shape index (κ2) is 4.38. The summed E-state index contributed by atoms with van der Waals surface area (Å²) in [6, 6.07) is 1.80. The van der Waals surface area contributed by atoms with Crippen LogP contribution in [0.5, 0.6) is 5.88 Å². The summed E-state index contributed by atoms with van der Waals surface area (Å²) >= 11 is 0. The van der Waals surface area contributed by atoms with Gasteiger partial charge in [0.2, 0.25) is 5.88 Å². The van der Waals surface area contributed by atoms with Gasteiger partial charge in [0.05, 0.1) is 7.11 Å². The Bertz CT molecular complexity index is 360. The van der Waals surface area contributed by atoms with Crippen LogP contribution in [-0.4, -0.2) is 23.6 Å². The van der Waals surface area contributed by atoms with Crippen molar-refractivity contribution >= 4 is 6.29 Å². The van der Waals surface area contributed by atoms with Gasteiger partial charge >= 0.3 is 0 Å². The Kier molecular flexibility index (Phi) is 2.94. The molecule has 0 N–H and O–H groups in total. The number of hydrogen-bond acceptors (Lipinski definition) is 4. The van der Waals surface area contributed by atoms with Gasteiger partial charge in [-0.2, -0.15) is 0 Å². The molecule has 4 nitrogen and oxygen atoms in total. The zero-order valence-electron chi connectivity index (χ0n) is 8.77. The molecule has 0 spiro atoms. The Balaban J connectivity index is 2.36. The van der Waals surface area contributed by atoms with E-state index >= 15 is 0 Å². The summed E-state index contributed by atoms with van der Waals surface area (Å²) in [6.07, 6.45) is 5.52. The Morgan fingerprint density at radius 2 is 2.13 bits per heavy atom. The van der Waals surface area contributed by atoms with Crippen molar-refractivity contribution < 1.29 is 9.53 Å². The van der Waals surface area contributed by atoms with Gasteiger partial charge in [0.15, 0.2) is 6.29 Å². The first-order valence-electron chi connectivity index (χ1n) is 5.22. The molecule has 80 valence electrons. The SMILES string of the molecule is COc1nnc(C=O)cc1C1CCCC1.